The molecule has 0 spiro atoms. The average molecular weight is 203 g/mol. The topological polar surface area (TPSA) is 22.0 Å². The lowest BCUT2D eigenvalue weighted by Crippen LogP contribution is -2.16. The van der Waals surface area contributed by atoms with Crippen molar-refractivity contribution < 1.29 is 4.39 Å². The van der Waals surface area contributed by atoms with Gasteiger partial charge in [0.15, 0.2) is 0 Å². The van der Waals surface area contributed by atoms with Gasteiger partial charge in [0.25, 0.3) is 0 Å². The summed E-state index contributed by atoms with van der Waals surface area (Å²) in [5.74, 6) is 0. The van der Waals surface area contributed by atoms with Crippen molar-refractivity contribution in [3.8, 4) is 0 Å². The molecule has 74 valence electrons. The predicted molar refractivity (Wildman–Crippen MR) is 53.2 cm³/mol. The van der Waals surface area contributed by atoms with Crippen LogP contribution in [0.2, 0.25) is 0 Å². The van der Waals surface area contributed by atoms with Crippen LogP contribution in [0, 0.1) is 13.8 Å². The van der Waals surface area contributed by atoms with E-state index in [-0.39, 0.29) is 4.87 Å². The van der Waals surface area contributed by atoms with Crippen LogP contribution in [0.15, 0.2) is 4.79 Å². The first-order chi connectivity index (χ1) is 6.02. The molecule has 0 aliphatic rings. The number of aromatic nitrogens is 1. The minimum Gasteiger partial charge on any atom is -0.303 e. The summed E-state index contributed by atoms with van der Waals surface area (Å²) in [6.07, 6.45) is -0.428. The van der Waals surface area contributed by atoms with Crippen LogP contribution in [0.5, 0.6) is 0 Å². The molecule has 0 bridgehead atoms. The highest BCUT2D eigenvalue weighted by atomic mass is 32.1. The quantitative estimate of drug-likeness (QED) is 0.738. The Hall–Kier alpha value is -0.640. The molecule has 13 heavy (non-hydrogen) atoms. The maximum absolute atomic E-state index is 12.5. The minimum atomic E-state index is -0.841. The Bertz CT molecular complexity index is 340. The number of alkyl halides is 1. The fourth-order valence-corrected chi connectivity index (χ4v) is 2.01. The highest BCUT2D eigenvalue weighted by Crippen LogP contribution is 2.10. The first kappa shape index (κ1) is 10.4. The van der Waals surface area contributed by atoms with Crippen LogP contribution < -0.4 is 4.87 Å². The van der Waals surface area contributed by atoms with Crippen molar-refractivity contribution in [2.24, 2.45) is 0 Å². The summed E-state index contributed by atoms with van der Waals surface area (Å²) in [6, 6.07) is 0. The lowest BCUT2D eigenvalue weighted by Gasteiger charge is -2.04. The van der Waals surface area contributed by atoms with Crippen LogP contribution in [0.4, 0.5) is 4.39 Å². The third kappa shape index (κ3) is 2.40. The van der Waals surface area contributed by atoms with Crippen molar-refractivity contribution in [2.75, 3.05) is 0 Å². The SMILES string of the molecule is Cc1sc(=O)n(CCC(C)F)c1C. The fourth-order valence-electron chi connectivity index (χ4n) is 1.15. The third-order valence-corrected chi connectivity index (χ3v) is 3.12. The molecule has 1 aromatic heterocycles. The van der Waals surface area contributed by atoms with Crippen LogP contribution in [0.25, 0.3) is 0 Å². The van der Waals surface area contributed by atoms with E-state index in [4.69, 9.17) is 0 Å². The lowest BCUT2D eigenvalue weighted by atomic mass is 10.3. The zero-order valence-electron chi connectivity index (χ0n) is 8.13. The maximum atomic E-state index is 12.5. The molecule has 0 aromatic carbocycles. The van der Waals surface area contributed by atoms with E-state index in [1.807, 2.05) is 13.8 Å². The van der Waals surface area contributed by atoms with Gasteiger partial charge < -0.3 is 4.57 Å². The van der Waals surface area contributed by atoms with Gasteiger partial charge in [0.1, 0.15) is 0 Å². The summed E-state index contributed by atoms with van der Waals surface area (Å²) < 4.78 is 14.2. The summed E-state index contributed by atoms with van der Waals surface area (Å²) in [6.45, 7) is 5.82. The van der Waals surface area contributed by atoms with Crippen LogP contribution in [-0.4, -0.2) is 10.7 Å². The Balaban J connectivity index is 2.82. The molecule has 0 N–H and O–H groups in total. The van der Waals surface area contributed by atoms with Crippen molar-refractivity contribution >= 4 is 11.3 Å². The standard InChI is InChI=1S/C9H14FNOS/c1-6(10)4-5-11-7(2)8(3)13-9(11)12/h6H,4-5H2,1-3H3. The molecule has 0 amide bonds. The third-order valence-electron chi connectivity index (χ3n) is 2.13. The van der Waals surface area contributed by atoms with Crippen LogP contribution >= 0.6 is 11.3 Å². The molecule has 2 nitrogen and oxygen atoms in total. The molecule has 0 aliphatic carbocycles. The number of nitrogens with zero attached hydrogens (tertiary/aromatic N) is 1. The Labute approximate surface area is 81.0 Å². The van der Waals surface area contributed by atoms with E-state index in [2.05, 4.69) is 0 Å². The monoisotopic (exact) mass is 203 g/mol. The molecule has 1 atom stereocenters. The van der Waals surface area contributed by atoms with Gasteiger partial charge >= 0.3 is 4.87 Å². The van der Waals surface area contributed by atoms with E-state index >= 15 is 0 Å². The smallest absolute Gasteiger partial charge is 0.303 e. The normalized spacial score (nSPS) is 13.2. The Morgan fingerprint density at radius 1 is 1.54 bits per heavy atom. The largest absolute Gasteiger partial charge is 0.307 e. The lowest BCUT2D eigenvalue weighted by molar-refractivity contribution is 0.324. The number of halogens is 1. The van der Waals surface area contributed by atoms with Crippen molar-refractivity contribution in [2.45, 2.75) is 39.9 Å². The Kier molecular flexibility index (Phi) is 3.25. The second-order valence-electron chi connectivity index (χ2n) is 3.23. The summed E-state index contributed by atoms with van der Waals surface area (Å²) in [5.41, 5.74) is 0.968. The number of rotatable bonds is 3. The van der Waals surface area contributed by atoms with Crippen molar-refractivity contribution in [1.29, 1.82) is 0 Å². The number of hydrogen-bond acceptors (Lipinski definition) is 2. The van der Waals surface area contributed by atoms with Gasteiger partial charge in [-0.1, -0.05) is 11.3 Å². The molecule has 1 rings (SSSR count). The molecule has 1 heterocycles. The van der Waals surface area contributed by atoms with Crippen molar-refractivity contribution in [1.82, 2.24) is 4.57 Å². The van der Waals surface area contributed by atoms with Gasteiger partial charge in [-0.15, -0.1) is 0 Å². The number of thiazole rings is 1. The van der Waals surface area contributed by atoms with E-state index in [0.29, 0.717) is 13.0 Å². The Morgan fingerprint density at radius 3 is 2.54 bits per heavy atom. The molecule has 0 aliphatic heterocycles. The van der Waals surface area contributed by atoms with Gasteiger partial charge in [0, 0.05) is 17.1 Å². The summed E-state index contributed by atoms with van der Waals surface area (Å²) in [4.78, 5) is 12.4. The van der Waals surface area contributed by atoms with E-state index in [9.17, 15) is 9.18 Å². The van der Waals surface area contributed by atoms with Gasteiger partial charge in [-0.2, -0.15) is 0 Å². The van der Waals surface area contributed by atoms with Crippen LogP contribution in [-0.2, 0) is 6.54 Å². The minimum absolute atomic E-state index is 0.0238. The Morgan fingerprint density at radius 2 is 2.15 bits per heavy atom. The molecule has 0 fully saturated rings. The number of aryl methyl sites for hydroxylation is 1. The zero-order valence-corrected chi connectivity index (χ0v) is 8.95. The van der Waals surface area contributed by atoms with Crippen LogP contribution in [0.1, 0.15) is 23.9 Å². The zero-order chi connectivity index (χ0) is 10.0. The number of hydrogen-bond donors (Lipinski definition) is 0. The van der Waals surface area contributed by atoms with Gasteiger partial charge in [-0.05, 0) is 27.2 Å². The molecule has 0 saturated carbocycles. The molecular weight excluding hydrogens is 189 g/mol. The van der Waals surface area contributed by atoms with Gasteiger partial charge in [-0.25, -0.2) is 4.39 Å². The first-order valence-electron chi connectivity index (χ1n) is 4.33. The molecular formula is C9H14FNOS. The maximum Gasteiger partial charge on any atom is 0.307 e. The summed E-state index contributed by atoms with van der Waals surface area (Å²) in [5, 5.41) is 0. The fraction of sp³-hybridized carbons (Fsp3) is 0.667. The average Bonchev–Trinajstić information content (AvgIpc) is 2.24. The molecule has 4 heteroatoms. The highest BCUT2D eigenvalue weighted by molar-refractivity contribution is 7.09. The molecule has 1 aromatic rings. The molecule has 0 radical (unpaired) electrons. The van der Waals surface area contributed by atoms with E-state index in [1.165, 1.54) is 18.3 Å². The van der Waals surface area contributed by atoms with Crippen LogP contribution in [0.3, 0.4) is 0 Å². The van der Waals surface area contributed by atoms with E-state index in [1.54, 1.807) is 4.57 Å². The molecule has 0 saturated heterocycles. The van der Waals surface area contributed by atoms with Gasteiger partial charge in [0.05, 0.1) is 6.17 Å². The van der Waals surface area contributed by atoms with Gasteiger partial charge in [-0.3, -0.25) is 4.79 Å². The van der Waals surface area contributed by atoms with E-state index < -0.39 is 6.17 Å². The summed E-state index contributed by atoms with van der Waals surface area (Å²) >= 11 is 1.23. The second-order valence-corrected chi connectivity index (χ2v) is 4.40. The van der Waals surface area contributed by atoms with Crippen molar-refractivity contribution in [3.63, 3.8) is 0 Å². The summed E-state index contributed by atoms with van der Waals surface area (Å²) in [7, 11) is 0. The highest BCUT2D eigenvalue weighted by Gasteiger charge is 2.08. The van der Waals surface area contributed by atoms with E-state index in [0.717, 1.165) is 10.6 Å². The van der Waals surface area contributed by atoms with Gasteiger partial charge in [0.2, 0.25) is 0 Å². The van der Waals surface area contributed by atoms with Crippen molar-refractivity contribution in [3.05, 3.63) is 20.2 Å². The predicted octanol–water partition coefficient (Wildman–Crippen LogP) is 2.27. The first-order valence-corrected chi connectivity index (χ1v) is 5.15. The molecule has 1 unspecified atom stereocenters. The second kappa shape index (κ2) is 4.05.